The molecule has 178 valence electrons. The molecule has 1 amide bonds. The molecule has 33 heavy (non-hydrogen) atoms. The number of carbonyl (C=O) groups excluding carboxylic acids is 1. The van der Waals surface area contributed by atoms with Gasteiger partial charge in [0, 0.05) is 56.0 Å². The smallest absolute Gasteiger partial charge is 0.267 e. The summed E-state index contributed by atoms with van der Waals surface area (Å²) in [7, 11) is 1.77. The molecular weight excluding hydrogens is 553 g/mol. The van der Waals surface area contributed by atoms with Crippen molar-refractivity contribution in [3.05, 3.63) is 52.3 Å². The van der Waals surface area contributed by atoms with Gasteiger partial charge in [0.05, 0.1) is 12.8 Å². The van der Waals surface area contributed by atoms with E-state index in [0.717, 1.165) is 47.4 Å². The third kappa shape index (κ3) is 6.88. The molecule has 2 aromatic rings. The molecule has 9 nitrogen and oxygen atoms in total. The number of para-hydroxylation sites is 1. The van der Waals surface area contributed by atoms with Crippen LogP contribution >= 0.6 is 33.9 Å². The van der Waals surface area contributed by atoms with Crippen LogP contribution in [0.25, 0.3) is 0 Å². The summed E-state index contributed by atoms with van der Waals surface area (Å²) in [5, 5.41) is 27.3. The number of benzene rings is 1. The first-order valence-corrected chi connectivity index (χ1v) is 13.0. The average molecular weight is 584 g/mol. The van der Waals surface area contributed by atoms with Crippen LogP contribution in [0.4, 0.5) is 10.8 Å². The fourth-order valence-electron chi connectivity index (χ4n) is 3.50. The van der Waals surface area contributed by atoms with Crippen molar-refractivity contribution in [2.75, 3.05) is 57.0 Å². The Morgan fingerprint density at radius 2 is 2.06 bits per heavy atom. The topological polar surface area (TPSA) is 117 Å². The lowest BCUT2D eigenvalue weighted by atomic mass is 10.1. The predicted molar refractivity (Wildman–Crippen MR) is 143 cm³/mol. The number of alkyl halides is 1. The molecule has 0 saturated carbocycles. The van der Waals surface area contributed by atoms with Gasteiger partial charge in [-0.25, -0.2) is 4.98 Å². The summed E-state index contributed by atoms with van der Waals surface area (Å²) in [6, 6.07) is 5.99. The van der Waals surface area contributed by atoms with Gasteiger partial charge in [0.15, 0.2) is 5.13 Å². The molecule has 2 heterocycles. The van der Waals surface area contributed by atoms with Crippen LogP contribution in [-0.4, -0.2) is 78.0 Å². The minimum absolute atomic E-state index is 0.156. The molecule has 0 spiro atoms. The van der Waals surface area contributed by atoms with Crippen LogP contribution in [0.15, 0.2) is 36.3 Å². The zero-order chi connectivity index (χ0) is 23.8. The maximum absolute atomic E-state index is 12.8. The van der Waals surface area contributed by atoms with E-state index < -0.39 is 0 Å². The highest BCUT2D eigenvalue weighted by Gasteiger charge is 2.18. The van der Waals surface area contributed by atoms with Crippen molar-refractivity contribution in [3.63, 3.8) is 0 Å². The van der Waals surface area contributed by atoms with Crippen molar-refractivity contribution in [1.29, 1.82) is 5.41 Å². The van der Waals surface area contributed by atoms with Crippen LogP contribution in [0.2, 0.25) is 0 Å². The monoisotopic (exact) mass is 583 g/mol. The molecule has 1 aliphatic rings. The second-order valence-electron chi connectivity index (χ2n) is 7.60. The van der Waals surface area contributed by atoms with E-state index in [0.29, 0.717) is 28.2 Å². The molecule has 1 saturated heterocycles. The van der Waals surface area contributed by atoms with E-state index in [9.17, 15) is 4.79 Å². The zero-order valence-electron chi connectivity index (χ0n) is 18.8. The molecule has 3 rings (SSSR count). The van der Waals surface area contributed by atoms with Crippen molar-refractivity contribution < 1.29 is 9.90 Å². The lowest BCUT2D eigenvalue weighted by molar-refractivity contribution is 0.103. The number of amides is 1. The van der Waals surface area contributed by atoms with E-state index in [4.69, 9.17) is 10.5 Å². The van der Waals surface area contributed by atoms with Crippen molar-refractivity contribution in [2.45, 2.75) is 11.4 Å². The molecule has 1 aromatic carbocycles. The highest BCUT2D eigenvalue weighted by atomic mass is 127. The number of thiazole rings is 1. The van der Waals surface area contributed by atoms with E-state index in [1.165, 1.54) is 11.3 Å². The molecule has 0 unspecified atom stereocenters. The number of hydrogen-bond acceptors (Lipinski definition) is 8. The number of halogens is 1. The van der Waals surface area contributed by atoms with Crippen LogP contribution in [0.3, 0.4) is 0 Å². The van der Waals surface area contributed by atoms with Gasteiger partial charge in [-0.15, -0.1) is 0 Å². The molecular formula is C22H30IN7O2S. The average Bonchev–Trinajstić information content (AvgIpc) is 3.29. The summed E-state index contributed by atoms with van der Waals surface area (Å²) in [6.45, 7) is 5.94. The Bertz CT molecular complexity index is 1000. The highest BCUT2D eigenvalue weighted by molar-refractivity contribution is 14.1. The highest BCUT2D eigenvalue weighted by Crippen LogP contribution is 2.25. The number of aromatic nitrogens is 1. The van der Waals surface area contributed by atoms with Gasteiger partial charge in [-0.3, -0.25) is 15.1 Å². The Labute approximate surface area is 211 Å². The third-order valence-corrected chi connectivity index (χ3v) is 7.13. The molecule has 0 radical (unpaired) electrons. The molecule has 1 aliphatic heterocycles. The largest absolute Gasteiger partial charge is 0.395 e. The van der Waals surface area contributed by atoms with E-state index in [1.807, 2.05) is 30.0 Å². The second kappa shape index (κ2) is 12.3. The lowest BCUT2D eigenvalue weighted by Gasteiger charge is -2.35. The van der Waals surface area contributed by atoms with Gasteiger partial charge in [0.1, 0.15) is 16.5 Å². The van der Waals surface area contributed by atoms with Crippen molar-refractivity contribution >= 4 is 56.5 Å². The zero-order valence-corrected chi connectivity index (χ0v) is 21.8. The first-order valence-electron chi connectivity index (χ1n) is 10.7. The van der Waals surface area contributed by atoms with E-state index in [-0.39, 0.29) is 12.5 Å². The number of aliphatic hydroxyl groups excluding tert-OH is 1. The number of nitrogens with zero attached hydrogens (tertiary/aromatic N) is 3. The minimum Gasteiger partial charge on any atom is -0.395 e. The van der Waals surface area contributed by atoms with Crippen molar-refractivity contribution in [2.24, 2.45) is 0 Å². The number of rotatable bonds is 9. The molecule has 0 bridgehead atoms. The number of anilines is 2. The second-order valence-corrected chi connectivity index (χ2v) is 9.39. The summed E-state index contributed by atoms with van der Waals surface area (Å²) in [5.41, 5.74) is 2.96. The maximum Gasteiger partial charge on any atom is 0.267 e. The van der Waals surface area contributed by atoms with Gasteiger partial charge in [-0.2, -0.15) is 0 Å². The van der Waals surface area contributed by atoms with Gasteiger partial charge in [-0.1, -0.05) is 52.1 Å². The van der Waals surface area contributed by atoms with Gasteiger partial charge in [0.25, 0.3) is 5.91 Å². The first kappa shape index (κ1) is 25.4. The predicted octanol–water partition coefficient (Wildman–Crippen LogP) is 2.70. The lowest BCUT2D eigenvalue weighted by Crippen LogP contribution is -2.48. The first-order chi connectivity index (χ1) is 15.9. The number of amidine groups is 1. The van der Waals surface area contributed by atoms with Crippen LogP contribution in [0.5, 0.6) is 0 Å². The summed E-state index contributed by atoms with van der Waals surface area (Å²) in [4.78, 5) is 21.8. The van der Waals surface area contributed by atoms with Crippen molar-refractivity contribution in [3.8, 4) is 0 Å². The number of aryl methyl sites for hydroxylation is 1. The van der Waals surface area contributed by atoms with E-state index >= 15 is 0 Å². The molecule has 11 heteroatoms. The number of hydrogen-bond donors (Lipinski definition) is 5. The number of aliphatic hydroxyl groups is 1. The Hall–Kier alpha value is -2.22. The number of β-amino-alcohol motifs (C(OH)–C–C–N with tert-alkyl or cyclic N) is 1. The summed E-state index contributed by atoms with van der Waals surface area (Å²) in [5.74, 6) is 0.838. The SMILES string of the molecule is CN/C(=C\C(=N)N1CCN(CCO)CC1)Nc1ncc(C(=O)Nc2c(C)cccc2CI)s1. The molecule has 1 fully saturated rings. The van der Waals surface area contributed by atoms with E-state index in [2.05, 4.69) is 48.4 Å². The van der Waals surface area contributed by atoms with Crippen LogP contribution in [0, 0.1) is 12.3 Å². The quantitative estimate of drug-likeness (QED) is 0.134. The third-order valence-electron chi connectivity index (χ3n) is 5.39. The van der Waals surface area contributed by atoms with Crippen LogP contribution < -0.4 is 16.0 Å². The normalized spacial score (nSPS) is 14.8. The Kier molecular flexibility index (Phi) is 9.47. The fourth-order valence-corrected chi connectivity index (χ4v) is 4.86. The summed E-state index contributed by atoms with van der Waals surface area (Å²) < 4.78 is 0.809. The Balaban J connectivity index is 1.61. The Morgan fingerprint density at radius 3 is 2.73 bits per heavy atom. The van der Waals surface area contributed by atoms with Crippen LogP contribution in [0.1, 0.15) is 20.8 Å². The standard InChI is InChI=1S/C22H30IN7O2S/c1-15-4-3-5-16(13-23)20(15)28-21(32)17-14-26-22(33-17)27-19(25-2)12-18(24)30-8-6-29(7-9-30)10-11-31/h3-5,12,14,24-25,31H,6-11,13H2,1-2H3,(H,26,27)(H,28,32)/b19-12+,24-18?. The molecule has 5 N–H and O–H groups in total. The summed E-state index contributed by atoms with van der Waals surface area (Å²) in [6.07, 6.45) is 3.28. The minimum atomic E-state index is -0.190. The van der Waals surface area contributed by atoms with Gasteiger partial charge < -0.3 is 26.0 Å². The van der Waals surface area contributed by atoms with Crippen molar-refractivity contribution in [1.82, 2.24) is 20.1 Å². The fraction of sp³-hybridized carbons (Fsp3) is 0.409. The molecule has 1 aromatic heterocycles. The Morgan fingerprint density at radius 1 is 1.30 bits per heavy atom. The number of piperazine rings is 1. The molecule has 0 atom stereocenters. The number of carbonyl (C=O) groups is 1. The summed E-state index contributed by atoms with van der Waals surface area (Å²) >= 11 is 3.55. The van der Waals surface area contributed by atoms with Gasteiger partial charge >= 0.3 is 0 Å². The maximum atomic E-state index is 12.8. The number of nitrogens with one attached hydrogen (secondary N) is 4. The van der Waals surface area contributed by atoms with E-state index in [1.54, 1.807) is 19.3 Å². The van der Waals surface area contributed by atoms with Gasteiger partial charge in [-0.05, 0) is 18.1 Å². The van der Waals surface area contributed by atoms with Crippen LogP contribution in [-0.2, 0) is 4.43 Å². The van der Waals surface area contributed by atoms with Gasteiger partial charge in [0.2, 0.25) is 0 Å². The molecule has 0 aliphatic carbocycles.